The van der Waals surface area contributed by atoms with Crippen molar-refractivity contribution in [1.82, 2.24) is 14.6 Å². The number of morpholine rings is 1. The second kappa shape index (κ2) is 9.44. The standard InChI is InChI=1S/C25H28N4O5S/c1-17(30)29-23-7-6-20(35(32,33)28-10-12-34-13-11-28)14-19(23)15-24(29)25(31)26-9-8-18-16-27-22-5-3-2-4-21(18)22/h2-7,14,16,24,27H,8-13,15H2,1H3,(H,26,31). The number of anilines is 1. The number of hydrogen-bond donors (Lipinski definition) is 2. The summed E-state index contributed by atoms with van der Waals surface area (Å²) in [6, 6.07) is 12.0. The Kier molecular flexibility index (Phi) is 6.35. The number of para-hydroxylation sites is 1. The summed E-state index contributed by atoms with van der Waals surface area (Å²) in [6.45, 7) is 3.18. The number of rotatable bonds is 6. The average Bonchev–Trinajstić information content (AvgIpc) is 3.46. The molecule has 0 saturated carbocycles. The number of fused-ring (bicyclic) bond motifs is 2. The quantitative estimate of drug-likeness (QED) is 0.541. The Labute approximate surface area is 204 Å². The predicted molar refractivity (Wildman–Crippen MR) is 132 cm³/mol. The van der Waals surface area contributed by atoms with Gasteiger partial charge in [0.05, 0.1) is 18.1 Å². The first-order valence-electron chi connectivity index (χ1n) is 11.7. The Morgan fingerprint density at radius 3 is 2.69 bits per heavy atom. The van der Waals surface area contributed by atoms with Gasteiger partial charge in [0.1, 0.15) is 6.04 Å². The predicted octanol–water partition coefficient (Wildman–Crippen LogP) is 1.83. The number of amides is 2. The van der Waals surface area contributed by atoms with Crippen molar-refractivity contribution in [2.45, 2.75) is 30.7 Å². The van der Waals surface area contributed by atoms with E-state index in [1.165, 1.54) is 22.2 Å². The maximum Gasteiger partial charge on any atom is 0.243 e. The van der Waals surface area contributed by atoms with Gasteiger partial charge in [-0.3, -0.25) is 14.5 Å². The van der Waals surface area contributed by atoms with Crippen LogP contribution in [0.15, 0.2) is 53.6 Å². The van der Waals surface area contributed by atoms with E-state index < -0.39 is 16.1 Å². The summed E-state index contributed by atoms with van der Waals surface area (Å²) < 4.78 is 32.8. The number of hydrogen-bond acceptors (Lipinski definition) is 5. The average molecular weight is 497 g/mol. The Morgan fingerprint density at radius 2 is 1.91 bits per heavy atom. The molecule has 1 atom stereocenters. The normalized spacial score (nSPS) is 18.5. The van der Waals surface area contributed by atoms with Gasteiger partial charge in [0.15, 0.2) is 0 Å². The van der Waals surface area contributed by atoms with Crippen molar-refractivity contribution in [3.63, 3.8) is 0 Å². The highest BCUT2D eigenvalue weighted by molar-refractivity contribution is 7.89. The van der Waals surface area contributed by atoms with Gasteiger partial charge in [-0.05, 0) is 41.8 Å². The molecule has 2 aliphatic rings. The lowest BCUT2D eigenvalue weighted by Crippen LogP contribution is -2.47. The number of benzene rings is 2. The zero-order valence-corrected chi connectivity index (χ0v) is 20.3. The van der Waals surface area contributed by atoms with Crippen molar-refractivity contribution in [1.29, 1.82) is 0 Å². The molecular weight excluding hydrogens is 468 g/mol. The molecule has 1 saturated heterocycles. The maximum absolute atomic E-state index is 13.1. The Balaban J connectivity index is 1.30. The van der Waals surface area contributed by atoms with Crippen LogP contribution in [0, 0.1) is 0 Å². The number of carbonyl (C=O) groups is 2. The van der Waals surface area contributed by atoms with Crippen molar-refractivity contribution < 1.29 is 22.7 Å². The van der Waals surface area contributed by atoms with Crippen LogP contribution in [0.5, 0.6) is 0 Å². The summed E-state index contributed by atoms with van der Waals surface area (Å²) in [4.78, 5) is 30.4. The minimum atomic E-state index is -3.67. The van der Waals surface area contributed by atoms with Gasteiger partial charge >= 0.3 is 0 Å². The van der Waals surface area contributed by atoms with Crippen LogP contribution in [0.25, 0.3) is 10.9 Å². The molecule has 3 heterocycles. The first-order chi connectivity index (χ1) is 16.9. The Hall–Kier alpha value is -3.21. The number of nitrogens with one attached hydrogen (secondary N) is 2. The molecule has 2 amide bonds. The number of H-pyrrole nitrogens is 1. The summed E-state index contributed by atoms with van der Waals surface area (Å²) in [5.74, 6) is -0.516. The maximum atomic E-state index is 13.1. The highest BCUT2D eigenvalue weighted by Gasteiger charge is 2.38. The summed E-state index contributed by atoms with van der Waals surface area (Å²) in [6.07, 6.45) is 2.86. The van der Waals surface area contributed by atoms with Crippen LogP contribution in [0.4, 0.5) is 5.69 Å². The van der Waals surface area contributed by atoms with Gasteiger partial charge in [-0.2, -0.15) is 4.31 Å². The van der Waals surface area contributed by atoms with Crippen LogP contribution in [0.3, 0.4) is 0 Å². The molecule has 1 unspecified atom stereocenters. The van der Waals surface area contributed by atoms with Crippen LogP contribution in [0.1, 0.15) is 18.1 Å². The van der Waals surface area contributed by atoms with E-state index in [2.05, 4.69) is 10.3 Å². The first-order valence-corrected chi connectivity index (χ1v) is 13.1. The molecule has 1 aromatic heterocycles. The number of sulfonamides is 1. The zero-order chi connectivity index (χ0) is 24.6. The van der Waals surface area contributed by atoms with Gasteiger partial charge in [0.2, 0.25) is 21.8 Å². The van der Waals surface area contributed by atoms with Crippen molar-refractivity contribution in [3.8, 4) is 0 Å². The molecule has 0 bridgehead atoms. The van der Waals surface area contributed by atoms with Gasteiger partial charge in [-0.1, -0.05) is 18.2 Å². The van der Waals surface area contributed by atoms with Crippen LogP contribution in [0.2, 0.25) is 0 Å². The second-order valence-corrected chi connectivity index (χ2v) is 10.8. The van der Waals surface area contributed by atoms with E-state index in [0.717, 1.165) is 16.5 Å². The van der Waals surface area contributed by atoms with E-state index in [4.69, 9.17) is 4.74 Å². The van der Waals surface area contributed by atoms with Gasteiger partial charge in [0, 0.05) is 55.8 Å². The molecule has 0 spiro atoms. The molecule has 35 heavy (non-hydrogen) atoms. The minimum Gasteiger partial charge on any atom is -0.379 e. The van der Waals surface area contributed by atoms with Crippen LogP contribution in [-0.4, -0.2) is 68.4 Å². The van der Waals surface area contributed by atoms with Crippen LogP contribution >= 0.6 is 0 Å². The third-order valence-electron chi connectivity index (χ3n) is 6.65. The SMILES string of the molecule is CC(=O)N1c2ccc(S(=O)(=O)N3CCOCC3)cc2CC1C(=O)NCCc1c[nH]c2ccccc12. The van der Waals surface area contributed by atoms with Crippen LogP contribution < -0.4 is 10.2 Å². The van der Waals surface area contributed by atoms with Crippen molar-refractivity contribution in [3.05, 3.63) is 59.8 Å². The first kappa shape index (κ1) is 23.5. The molecule has 9 nitrogen and oxygen atoms in total. The fraction of sp³-hybridized carbons (Fsp3) is 0.360. The Morgan fingerprint density at radius 1 is 1.14 bits per heavy atom. The molecular formula is C25H28N4O5S. The van der Waals surface area contributed by atoms with Gasteiger partial charge in [-0.15, -0.1) is 0 Å². The van der Waals surface area contributed by atoms with E-state index in [9.17, 15) is 18.0 Å². The molecule has 0 aliphatic carbocycles. The van der Waals surface area contributed by atoms with E-state index in [1.807, 2.05) is 30.5 Å². The number of carbonyl (C=O) groups excluding carboxylic acids is 2. The zero-order valence-electron chi connectivity index (χ0n) is 19.5. The molecule has 2 aromatic carbocycles. The molecule has 2 N–H and O–H groups in total. The summed E-state index contributed by atoms with van der Waals surface area (Å²) in [5, 5.41) is 4.08. The molecule has 184 valence electrons. The van der Waals surface area contributed by atoms with E-state index in [-0.39, 0.29) is 23.1 Å². The van der Waals surface area contributed by atoms with Crippen molar-refractivity contribution in [2.75, 3.05) is 37.7 Å². The van der Waals surface area contributed by atoms with E-state index in [0.29, 0.717) is 50.5 Å². The number of ether oxygens (including phenoxy) is 1. The number of aromatic nitrogens is 1. The molecule has 0 radical (unpaired) electrons. The smallest absolute Gasteiger partial charge is 0.243 e. The van der Waals surface area contributed by atoms with Crippen LogP contribution in [-0.2, 0) is 37.2 Å². The monoisotopic (exact) mass is 496 g/mol. The topological polar surface area (TPSA) is 112 Å². The van der Waals surface area contributed by atoms with Gasteiger partial charge in [-0.25, -0.2) is 8.42 Å². The van der Waals surface area contributed by atoms with E-state index in [1.54, 1.807) is 12.1 Å². The molecule has 5 rings (SSSR count). The molecule has 3 aromatic rings. The lowest BCUT2D eigenvalue weighted by molar-refractivity contribution is -0.125. The summed E-state index contributed by atoms with van der Waals surface area (Å²) >= 11 is 0. The molecule has 1 fully saturated rings. The largest absolute Gasteiger partial charge is 0.379 e. The fourth-order valence-corrected chi connectivity index (χ4v) is 6.36. The number of nitrogens with zero attached hydrogens (tertiary/aromatic N) is 2. The van der Waals surface area contributed by atoms with Gasteiger partial charge in [0.25, 0.3) is 0 Å². The fourth-order valence-electron chi connectivity index (χ4n) is 4.90. The lowest BCUT2D eigenvalue weighted by atomic mass is 10.1. The lowest BCUT2D eigenvalue weighted by Gasteiger charge is -2.26. The third-order valence-corrected chi connectivity index (χ3v) is 8.55. The summed E-state index contributed by atoms with van der Waals surface area (Å²) in [7, 11) is -3.67. The Bertz CT molecular complexity index is 1380. The molecule has 2 aliphatic heterocycles. The molecule has 10 heteroatoms. The second-order valence-electron chi connectivity index (χ2n) is 8.82. The minimum absolute atomic E-state index is 0.169. The number of aromatic amines is 1. The van der Waals surface area contributed by atoms with E-state index >= 15 is 0 Å². The van der Waals surface area contributed by atoms with Crippen molar-refractivity contribution in [2.24, 2.45) is 0 Å². The highest BCUT2D eigenvalue weighted by Crippen LogP contribution is 2.35. The highest BCUT2D eigenvalue weighted by atomic mass is 32.2. The third kappa shape index (κ3) is 4.44. The van der Waals surface area contributed by atoms with Gasteiger partial charge < -0.3 is 15.0 Å². The van der Waals surface area contributed by atoms with Crippen molar-refractivity contribution >= 4 is 38.4 Å². The summed E-state index contributed by atoms with van der Waals surface area (Å²) in [5.41, 5.74) is 3.41.